The lowest BCUT2D eigenvalue weighted by atomic mass is 10.0. The van der Waals surface area contributed by atoms with E-state index < -0.39 is 23.9 Å². The molecule has 2 amide bonds. The number of nitrogens with zero attached hydrogens (tertiary/aromatic N) is 2. The molecule has 0 unspecified atom stereocenters. The number of imide groups is 1. The normalized spacial score (nSPS) is 13.9. The fourth-order valence-corrected chi connectivity index (χ4v) is 3.49. The van der Waals surface area contributed by atoms with Crippen molar-refractivity contribution in [3.05, 3.63) is 89.9 Å². The Labute approximate surface area is 192 Å². The van der Waals surface area contributed by atoms with Crippen molar-refractivity contribution in [3.63, 3.8) is 0 Å². The van der Waals surface area contributed by atoms with Crippen LogP contribution in [0.25, 0.3) is 5.57 Å². The average molecular weight is 469 g/mol. The van der Waals surface area contributed by atoms with Gasteiger partial charge in [0.15, 0.2) is 0 Å². The number of halogens is 3. The molecule has 0 saturated carbocycles. The Morgan fingerprint density at radius 3 is 2.26 bits per heavy atom. The number of pyridine rings is 1. The van der Waals surface area contributed by atoms with Crippen molar-refractivity contribution in [2.24, 2.45) is 0 Å². The molecule has 10 heteroatoms. The quantitative estimate of drug-likeness (QED) is 0.518. The molecule has 2 heterocycles. The van der Waals surface area contributed by atoms with E-state index in [1.165, 1.54) is 19.2 Å². The molecule has 0 atom stereocenters. The van der Waals surface area contributed by atoms with Crippen molar-refractivity contribution in [3.8, 4) is 11.5 Å². The van der Waals surface area contributed by atoms with Crippen LogP contribution in [-0.2, 0) is 16.1 Å². The summed E-state index contributed by atoms with van der Waals surface area (Å²) in [5.41, 5.74) is 1.47. The van der Waals surface area contributed by atoms with Gasteiger partial charge in [0, 0.05) is 23.6 Å². The van der Waals surface area contributed by atoms with E-state index in [0.717, 1.165) is 17.0 Å². The van der Waals surface area contributed by atoms with Crippen LogP contribution >= 0.6 is 0 Å². The zero-order chi connectivity index (χ0) is 24.3. The van der Waals surface area contributed by atoms with Crippen molar-refractivity contribution in [2.45, 2.75) is 12.9 Å². The van der Waals surface area contributed by atoms with Crippen molar-refractivity contribution < 1.29 is 32.2 Å². The molecule has 1 aliphatic rings. The first kappa shape index (κ1) is 22.8. The van der Waals surface area contributed by atoms with Crippen molar-refractivity contribution >= 4 is 23.1 Å². The molecule has 0 saturated heterocycles. The molecular weight excluding hydrogens is 451 g/mol. The van der Waals surface area contributed by atoms with Gasteiger partial charge < -0.3 is 14.8 Å². The summed E-state index contributed by atoms with van der Waals surface area (Å²) in [5, 5.41) is 2.89. The van der Waals surface area contributed by atoms with Gasteiger partial charge in [-0.25, -0.2) is 0 Å². The highest BCUT2D eigenvalue weighted by molar-refractivity contribution is 6.36. The SMILES string of the molecule is COc1ccccc1C1=C(Nc2ccc(OC(F)(F)F)cc2)C(=O)N(Cc2ccncc2)C1=O. The Kier molecular flexibility index (Phi) is 6.22. The van der Waals surface area contributed by atoms with Gasteiger partial charge >= 0.3 is 6.36 Å². The maximum absolute atomic E-state index is 13.4. The molecule has 1 aliphatic heterocycles. The minimum atomic E-state index is -4.82. The first-order valence-corrected chi connectivity index (χ1v) is 10.0. The topological polar surface area (TPSA) is 80.8 Å². The van der Waals surface area contributed by atoms with E-state index >= 15 is 0 Å². The van der Waals surface area contributed by atoms with Crippen LogP contribution in [0.2, 0.25) is 0 Å². The summed E-state index contributed by atoms with van der Waals surface area (Å²) < 4.78 is 46.6. The summed E-state index contributed by atoms with van der Waals surface area (Å²) in [6, 6.07) is 15.0. The predicted molar refractivity (Wildman–Crippen MR) is 116 cm³/mol. The van der Waals surface area contributed by atoms with Crippen molar-refractivity contribution in [2.75, 3.05) is 12.4 Å². The molecule has 0 fully saturated rings. The number of hydrogen-bond donors (Lipinski definition) is 1. The predicted octanol–water partition coefficient (Wildman–Crippen LogP) is 4.38. The number of benzene rings is 2. The molecule has 0 bridgehead atoms. The third kappa shape index (κ3) is 4.85. The number of methoxy groups -OCH3 is 1. The summed E-state index contributed by atoms with van der Waals surface area (Å²) in [5.74, 6) is -1.15. The minimum absolute atomic E-state index is 0.0162. The van der Waals surface area contributed by atoms with E-state index in [2.05, 4.69) is 15.0 Å². The number of nitrogens with one attached hydrogen (secondary N) is 1. The van der Waals surface area contributed by atoms with Gasteiger partial charge in [-0.2, -0.15) is 0 Å². The van der Waals surface area contributed by atoms with Gasteiger partial charge in [0.2, 0.25) is 0 Å². The van der Waals surface area contributed by atoms with Gasteiger partial charge in [-0.3, -0.25) is 19.5 Å². The van der Waals surface area contributed by atoms with Gasteiger partial charge in [0.25, 0.3) is 11.8 Å². The largest absolute Gasteiger partial charge is 0.573 e. The number of rotatable bonds is 7. The Balaban J connectivity index is 1.71. The second kappa shape index (κ2) is 9.26. The fraction of sp³-hybridized carbons (Fsp3) is 0.125. The van der Waals surface area contributed by atoms with Gasteiger partial charge in [-0.15, -0.1) is 13.2 Å². The number of ether oxygens (including phenoxy) is 2. The number of carbonyl (C=O) groups excluding carboxylic acids is 2. The number of amides is 2. The highest BCUT2D eigenvalue weighted by atomic mass is 19.4. The van der Waals surface area contributed by atoms with Gasteiger partial charge in [-0.05, 0) is 48.0 Å². The molecule has 34 heavy (non-hydrogen) atoms. The Morgan fingerprint density at radius 1 is 0.941 bits per heavy atom. The van der Waals surface area contributed by atoms with Crippen LogP contribution in [0.15, 0.2) is 78.8 Å². The summed E-state index contributed by atoms with van der Waals surface area (Å²) in [7, 11) is 1.45. The monoisotopic (exact) mass is 469 g/mol. The lowest BCUT2D eigenvalue weighted by molar-refractivity contribution is -0.274. The van der Waals surface area contributed by atoms with E-state index in [1.807, 2.05) is 0 Å². The van der Waals surface area contributed by atoms with E-state index in [-0.39, 0.29) is 17.8 Å². The molecule has 1 aromatic heterocycles. The molecule has 1 N–H and O–H groups in total. The molecule has 0 spiro atoms. The number of carbonyl (C=O) groups is 2. The molecule has 0 radical (unpaired) electrons. The molecule has 4 rings (SSSR count). The molecule has 0 aliphatic carbocycles. The Bertz CT molecular complexity index is 1240. The zero-order valence-electron chi connectivity index (χ0n) is 17.8. The first-order chi connectivity index (χ1) is 16.3. The fourth-order valence-electron chi connectivity index (χ4n) is 3.49. The molecule has 174 valence electrons. The number of aromatic nitrogens is 1. The molecular formula is C24H18F3N3O4. The first-order valence-electron chi connectivity index (χ1n) is 10.0. The molecule has 3 aromatic rings. The van der Waals surface area contributed by atoms with Crippen molar-refractivity contribution in [1.82, 2.24) is 9.88 Å². The maximum atomic E-state index is 13.4. The van der Waals surface area contributed by atoms with Crippen LogP contribution in [0.3, 0.4) is 0 Å². The van der Waals surface area contributed by atoms with E-state index in [4.69, 9.17) is 4.74 Å². The lowest BCUT2D eigenvalue weighted by Gasteiger charge is -2.15. The summed E-state index contributed by atoms with van der Waals surface area (Å²) in [6.07, 6.45) is -1.72. The highest BCUT2D eigenvalue weighted by Crippen LogP contribution is 2.36. The van der Waals surface area contributed by atoms with Gasteiger partial charge in [0.05, 0.1) is 19.2 Å². The smallest absolute Gasteiger partial charge is 0.496 e. The number of anilines is 1. The van der Waals surface area contributed by atoms with Crippen LogP contribution < -0.4 is 14.8 Å². The average Bonchev–Trinajstić information content (AvgIpc) is 3.04. The zero-order valence-corrected chi connectivity index (χ0v) is 17.8. The van der Waals surface area contributed by atoms with Crippen LogP contribution in [-0.4, -0.2) is 35.2 Å². The second-order valence-electron chi connectivity index (χ2n) is 7.20. The maximum Gasteiger partial charge on any atom is 0.573 e. The van der Waals surface area contributed by atoms with Crippen LogP contribution in [0.1, 0.15) is 11.1 Å². The van der Waals surface area contributed by atoms with Crippen LogP contribution in [0, 0.1) is 0 Å². The van der Waals surface area contributed by atoms with E-state index in [0.29, 0.717) is 22.6 Å². The molecule has 7 nitrogen and oxygen atoms in total. The van der Waals surface area contributed by atoms with Crippen LogP contribution in [0.5, 0.6) is 11.5 Å². The highest BCUT2D eigenvalue weighted by Gasteiger charge is 2.40. The lowest BCUT2D eigenvalue weighted by Crippen LogP contribution is -2.32. The molecule has 2 aromatic carbocycles. The Morgan fingerprint density at radius 2 is 1.62 bits per heavy atom. The van der Waals surface area contributed by atoms with Gasteiger partial charge in [0.1, 0.15) is 17.2 Å². The second-order valence-corrected chi connectivity index (χ2v) is 7.20. The number of para-hydroxylation sites is 1. The third-order valence-electron chi connectivity index (χ3n) is 4.99. The van der Waals surface area contributed by atoms with E-state index in [9.17, 15) is 22.8 Å². The standard InChI is InChI=1S/C24H18F3N3O4/c1-33-19-5-3-2-4-18(19)20-21(29-16-6-8-17(9-7-16)34-24(25,26)27)23(32)30(22(20)31)14-15-10-12-28-13-11-15/h2-13,29H,14H2,1H3. The summed E-state index contributed by atoms with van der Waals surface area (Å²) >= 11 is 0. The third-order valence-corrected chi connectivity index (χ3v) is 4.99. The van der Waals surface area contributed by atoms with Crippen molar-refractivity contribution in [1.29, 1.82) is 0 Å². The number of hydrogen-bond acceptors (Lipinski definition) is 6. The van der Waals surface area contributed by atoms with Gasteiger partial charge in [-0.1, -0.05) is 18.2 Å². The van der Waals surface area contributed by atoms with Crippen LogP contribution in [0.4, 0.5) is 18.9 Å². The number of alkyl halides is 3. The summed E-state index contributed by atoms with van der Waals surface area (Å²) in [6.45, 7) is 0.0162. The Hall–Kier alpha value is -4.34. The summed E-state index contributed by atoms with van der Waals surface area (Å²) in [4.78, 5) is 31.7. The van der Waals surface area contributed by atoms with E-state index in [1.54, 1.807) is 48.8 Å². The minimum Gasteiger partial charge on any atom is -0.496 e.